The Balaban J connectivity index is 2.34. The summed E-state index contributed by atoms with van der Waals surface area (Å²) in [4.78, 5) is 2.41. The van der Waals surface area contributed by atoms with Crippen molar-refractivity contribution in [3.05, 3.63) is 12.7 Å². The van der Waals surface area contributed by atoms with E-state index in [1.54, 1.807) is 0 Å². The predicted octanol–water partition coefficient (Wildman–Crippen LogP) is 0.814. The molecule has 0 bridgehead atoms. The Labute approximate surface area is 62.9 Å². The van der Waals surface area contributed by atoms with Crippen LogP contribution in [0.5, 0.6) is 0 Å². The Morgan fingerprint density at radius 2 is 2.60 bits per heavy atom. The predicted molar refractivity (Wildman–Crippen MR) is 43.9 cm³/mol. The van der Waals surface area contributed by atoms with Crippen molar-refractivity contribution in [2.45, 2.75) is 19.0 Å². The van der Waals surface area contributed by atoms with Crippen LogP contribution in [-0.2, 0) is 0 Å². The van der Waals surface area contributed by atoms with E-state index in [0.717, 1.165) is 6.54 Å². The Bertz CT molecular complexity index is 112. The van der Waals surface area contributed by atoms with Crippen LogP contribution in [0.25, 0.3) is 0 Å². The fourth-order valence-electron chi connectivity index (χ4n) is 1.54. The molecule has 0 aromatic rings. The van der Waals surface area contributed by atoms with Crippen LogP contribution in [0.2, 0.25) is 0 Å². The number of nitrogens with zero attached hydrogens (tertiary/aromatic N) is 1. The zero-order chi connectivity index (χ0) is 7.40. The molecule has 58 valence electrons. The lowest BCUT2D eigenvalue weighted by Crippen LogP contribution is -2.38. The molecular weight excluding hydrogens is 124 g/mol. The first-order valence-corrected chi connectivity index (χ1v) is 3.90. The van der Waals surface area contributed by atoms with Gasteiger partial charge in [-0.2, -0.15) is 0 Å². The van der Waals surface area contributed by atoms with Gasteiger partial charge in [-0.3, -0.25) is 4.90 Å². The molecule has 1 aliphatic heterocycles. The maximum absolute atomic E-state index is 3.72. The first-order valence-electron chi connectivity index (χ1n) is 3.90. The molecule has 1 atom stereocenters. The molecule has 0 aromatic heterocycles. The smallest absolute Gasteiger partial charge is 0.0597 e. The van der Waals surface area contributed by atoms with Crippen LogP contribution in [0.4, 0.5) is 0 Å². The highest BCUT2D eigenvalue weighted by molar-refractivity contribution is 4.82. The molecular formula is C8H16N2. The maximum Gasteiger partial charge on any atom is 0.0597 e. The molecule has 1 saturated heterocycles. The molecule has 1 unspecified atom stereocenters. The minimum atomic E-state index is 0.595. The average Bonchev–Trinajstić information content (AvgIpc) is 2.36. The van der Waals surface area contributed by atoms with Gasteiger partial charge in [0.2, 0.25) is 0 Å². The Kier molecular flexibility index (Phi) is 2.90. The van der Waals surface area contributed by atoms with Gasteiger partial charge in [0.05, 0.1) is 6.17 Å². The third kappa shape index (κ3) is 1.58. The van der Waals surface area contributed by atoms with Crippen LogP contribution in [0.3, 0.4) is 0 Å². The summed E-state index contributed by atoms with van der Waals surface area (Å²) in [6, 6.07) is 0. The van der Waals surface area contributed by atoms with Crippen molar-refractivity contribution in [3.63, 3.8) is 0 Å². The molecule has 1 rings (SSSR count). The largest absolute Gasteiger partial charge is 0.305 e. The average molecular weight is 140 g/mol. The van der Waals surface area contributed by atoms with Crippen molar-refractivity contribution < 1.29 is 0 Å². The summed E-state index contributed by atoms with van der Waals surface area (Å²) in [5, 5.41) is 3.28. The van der Waals surface area contributed by atoms with E-state index in [-0.39, 0.29) is 0 Å². The molecule has 0 spiro atoms. The van der Waals surface area contributed by atoms with E-state index < -0.39 is 0 Å². The maximum atomic E-state index is 3.72. The highest BCUT2D eigenvalue weighted by Crippen LogP contribution is 2.13. The molecule has 2 nitrogen and oxygen atoms in total. The molecule has 0 radical (unpaired) electrons. The molecule has 1 N–H and O–H groups in total. The molecule has 1 heterocycles. The summed E-state index contributed by atoms with van der Waals surface area (Å²) in [5.74, 6) is 0. The molecule has 10 heavy (non-hydrogen) atoms. The van der Waals surface area contributed by atoms with Crippen LogP contribution in [0, 0.1) is 0 Å². The molecule has 0 aromatic carbocycles. The van der Waals surface area contributed by atoms with E-state index in [4.69, 9.17) is 0 Å². The minimum absolute atomic E-state index is 0.595. The van der Waals surface area contributed by atoms with Crippen LogP contribution in [0.15, 0.2) is 12.7 Å². The number of rotatable bonds is 3. The molecule has 1 fully saturated rings. The van der Waals surface area contributed by atoms with Gasteiger partial charge in [0.25, 0.3) is 0 Å². The van der Waals surface area contributed by atoms with E-state index in [9.17, 15) is 0 Å². The summed E-state index contributed by atoms with van der Waals surface area (Å²) in [6.07, 6.45) is 5.16. The van der Waals surface area contributed by atoms with E-state index in [2.05, 4.69) is 16.8 Å². The van der Waals surface area contributed by atoms with Gasteiger partial charge in [-0.15, -0.1) is 6.58 Å². The van der Waals surface area contributed by atoms with Crippen molar-refractivity contribution in [3.8, 4) is 0 Å². The topological polar surface area (TPSA) is 15.3 Å². The van der Waals surface area contributed by atoms with E-state index in [1.807, 2.05) is 13.1 Å². The van der Waals surface area contributed by atoms with E-state index >= 15 is 0 Å². The van der Waals surface area contributed by atoms with Gasteiger partial charge in [0.15, 0.2) is 0 Å². The summed E-state index contributed by atoms with van der Waals surface area (Å²) < 4.78 is 0. The number of nitrogens with one attached hydrogen (secondary N) is 1. The van der Waals surface area contributed by atoms with Gasteiger partial charge >= 0.3 is 0 Å². The van der Waals surface area contributed by atoms with Crippen LogP contribution in [0.1, 0.15) is 12.8 Å². The second-order valence-electron chi connectivity index (χ2n) is 2.73. The first-order chi connectivity index (χ1) is 4.88. The highest BCUT2D eigenvalue weighted by Gasteiger charge is 2.20. The van der Waals surface area contributed by atoms with Gasteiger partial charge in [-0.1, -0.05) is 6.08 Å². The molecule has 0 saturated carbocycles. The Morgan fingerprint density at radius 1 is 1.80 bits per heavy atom. The molecule has 0 aliphatic carbocycles. The summed E-state index contributed by atoms with van der Waals surface area (Å²) in [7, 11) is 2.02. The lowest BCUT2D eigenvalue weighted by Gasteiger charge is -2.21. The van der Waals surface area contributed by atoms with Crippen LogP contribution in [-0.4, -0.2) is 31.2 Å². The number of likely N-dealkylation sites (tertiary alicyclic amines) is 1. The minimum Gasteiger partial charge on any atom is -0.305 e. The quantitative estimate of drug-likeness (QED) is 0.584. The zero-order valence-electron chi connectivity index (χ0n) is 6.64. The summed E-state index contributed by atoms with van der Waals surface area (Å²) in [6.45, 7) is 5.96. The first kappa shape index (κ1) is 7.76. The van der Waals surface area contributed by atoms with Crippen molar-refractivity contribution >= 4 is 0 Å². The zero-order valence-corrected chi connectivity index (χ0v) is 6.64. The lowest BCUT2D eigenvalue weighted by molar-refractivity contribution is 0.252. The van der Waals surface area contributed by atoms with Gasteiger partial charge in [-0.05, 0) is 19.9 Å². The summed E-state index contributed by atoms with van der Waals surface area (Å²) in [5.41, 5.74) is 0. The normalized spacial score (nSPS) is 27.1. The monoisotopic (exact) mass is 140 g/mol. The third-order valence-electron chi connectivity index (χ3n) is 2.06. The van der Waals surface area contributed by atoms with E-state index in [0.29, 0.717) is 6.17 Å². The third-order valence-corrected chi connectivity index (χ3v) is 2.06. The fraction of sp³-hybridized carbons (Fsp3) is 0.750. The second kappa shape index (κ2) is 3.74. The van der Waals surface area contributed by atoms with Crippen LogP contribution < -0.4 is 5.32 Å². The molecule has 1 aliphatic rings. The van der Waals surface area contributed by atoms with Crippen molar-refractivity contribution in [1.82, 2.24) is 10.2 Å². The second-order valence-corrected chi connectivity index (χ2v) is 2.73. The summed E-state index contributed by atoms with van der Waals surface area (Å²) >= 11 is 0. The Morgan fingerprint density at radius 3 is 3.20 bits per heavy atom. The van der Waals surface area contributed by atoms with Gasteiger partial charge in [-0.25, -0.2) is 0 Å². The van der Waals surface area contributed by atoms with Gasteiger partial charge in [0, 0.05) is 13.1 Å². The number of hydrogen-bond donors (Lipinski definition) is 1. The van der Waals surface area contributed by atoms with E-state index in [1.165, 1.54) is 19.4 Å². The Hall–Kier alpha value is -0.340. The molecule has 0 amide bonds. The standard InChI is InChI=1S/C8H16N2/c1-3-6-10-7-4-5-8(10)9-2/h3,8-9H,1,4-7H2,2H3. The van der Waals surface area contributed by atoms with Crippen LogP contribution >= 0.6 is 0 Å². The van der Waals surface area contributed by atoms with Crippen molar-refractivity contribution in [2.24, 2.45) is 0 Å². The van der Waals surface area contributed by atoms with Crippen molar-refractivity contribution in [1.29, 1.82) is 0 Å². The SMILES string of the molecule is C=CCN1CCCC1NC. The lowest BCUT2D eigenvalue weighted by atomic mass is 10.3. The van der Waals surface area contributed by atoms with Gasteiger partial charge < -0.3 is 5.32 Å². The highest BCUT2D eigenvalue weighted by atomic mass is 15.3. The molecule has 2 heteroatoms. The van der Waals surface area contributed by atoms with Gasteiger partial charge in [0.1, 0.15) is 0 Å². The van der Waals surface area contributed by atoms with Crippen molar-refractivity contribution in [2.75, 3.05) is 20.1 Å². The number of hydrogen-bond acceptors (Lipinski definition) is 2. The fourth-order valence-corrected chi connectivity index (χ4v) is 1.54.